The summed E-state index contributed by atoms with van der Waals surface area (Å²) < 4.78 is 40.6. The highest BCUT2D eigenvalue weighted by molar-refractivity contribution is 7.92. The summed E-state index contributed by atoms with van der Waals surface area (Å²) >= 11 is 0. The zero-order valence-corrected chi connectivity index (χ0v) is 17.9. The largest absolute Gasteiger partial charge is 0.352 e. The van der Waals surface area contributed by atoms with Gasteiger partial charge in [0.1, 0.15) is 5.82 Å². The first-order chi connectivity index (χ1) is 14.3. The van der Waals surface area contributed by atoms with Crippen molar-refractivity contribution < 1.29 is 17.6 Å². The Kier molecular flexibility index (Phi) is 7.44. The Labute approximate surface area is 177 Å². The zero-order valence-electron chi connectivity index (χ0n) is 17.1. The summed E-state index contributed by atoms with van der Waals surface area (Å²) in [5, 5.41) is 2.86. The minimum absolute atomic E-state index is 0.0260. The van der Waals surface area contributed by atoms with Crippen LogP contribution in [0.5, 0.6) is 0 Å². The number of rotatable bonds is 8. The van der Waals surface area contributed by atoms with Crippen LogP contribution >= 0.6 is 0 Å². The highest BCUT2D eigenvalue weighted by atomic mass is 32.2. The van der Waals surface area contributed by atoms with Crippen LogP contribution in [0, 0.1) is 11.7 Å². The molecule has 0 atom stereocenters. The smallest absolute Gasteiger partial charge is 0.261 e. The molecule has 1 heterocycles. The SMILES string of the molecule is CC1CCN(CCCNC(=O)c2cccc(S(=O)(=O)Nc3ccc(F)cc3)c2)CC1. The number of nitrogens with one attached hydrogen (secondary N) is 2. The van der Waals surface area contributed by atoms with Crippen LogP contribution in [-0.4, -0.2) is 45.4 Å². The predicted molar refractivity (Wildman–Crippen MR) is 115 cm³/mol. The van der Waals surface area contributed by atoms with Crippen molar-refractivity contribution in [2.45, 2.75) is 31.1 Å². The molecule has 0 radical (unpaired) electrons. The van der Waals surface area contributed by atoms with Crippen molar-refractivity contribution in [3.05, 3.63) is 59.9 Å². The molecular formula is C22H28FN3O3S. The van der Waals surface area contributed by atoms with Crippen molar-refractivity contribution in [3.63, 3.8) is 0 Å². The molecule has 1 amide bonds. The molecule has 0 unspecified atom stereocenters. The second kappa shape index (κ2) is 10.0. The van der Waals surface area contributed by atoms with Crippen LogP contribution < -0.4 is 10.0 Å². The normalized spacial score (nSPS) is 15.7. The number of nitrogens with zero attached hydrogens (tertiary/aromatic N) is 1. The molecule has 30 heavy (non-hydrogen) atoms. The van der Waals surface area contributed by atoms with Crippen LogP contribution in [0.4, 0.5) is 10.1 Å². The van der Waals surface area contributed by atoms with Crippen LogP contribution in [0.15, 0.2) is 53.4 Å². The van der Waals surface area contributed by atoms with Gasteiger partial charge in [-0.15, -0.1) is 0 Å². The summed E-state index contributed by atoms with van der Waals surface area (Å²) in [7, 11) is -3.89. The van der Waals surface area contributed by atoms with E-state index in [-0.39, 0.29) is 22.1 Å². The van der Waals surface area contributed by atoms with E-state index in [0.717, 1.165) is 32.0 Å². The highest BCUT2D eigenvalue weighted by Crippen LogP contribution is 2.18. The molecule has 0 aromatic heterocycles. The summed E-state index contributed by atoms with van der Waals surface area (Å²) in [6.07, 6.45) is 3.30. The van der Waals surface area contributed by atoms with E-state index in [1.165, 1.54) is 55.3 Å². The number of halogens is 1. The molecule has 2 N–H and O–H groups in total. The number of hydrogen-bond acceptors (Lipinski definition) is 4. The van der Waals surface area contributed by atoms with E-state index in [1.807, 2.05) is 0 Å². The monoisotopic (exact) mass is 433 g/mol. The summed E-state index contributed by atoms with van der Waals surface area (Å²) in [6.45, 7) is 5.98. The Bertz CT molecular complexity index is 956. The van der Waals surface area contributed by atoms with Crippen molar-refractivity contribution in [1.29, 1.82) is 0 Å². The molecule has 2 aromatic rings. The molecule has 2 aromatic carbocycles. The molecule has 0 bridgehead atoms. The molecule has 1 aliphatic heterocycles. The summed E-state index contributed by atoms with van der Waals surface area (Å²) in [6, 6.07) is 10.9. The maximum atomic E-state index is 13.0. The van der Waals surface area contributed by atoms with E-state index in [2.05, 4.69) is 21.9 Å². The number of anilines is 1. The number of sulfonamides is 1. The number of piperidine rings is 1. The second-order valence-electron chi connectivity index (χ2n) is 7.77. The molecule has 162 valence electrons. The molecule has 8 heteroatoms. The molecule has 6 nitrogen and oxygen atoms in total. The number of hydrogen-bond donors (Lipinski definition) is 2. The van der Waals surface area contributed by atoms with Gasteiger partial charge in [0.05, 0.1) is 4.90 Å². The summed E-state index contributed by atoms with van der Waals surface area (Å²) in [4.78, 5) is 14.8. The zero-order chi connectivity index (χ0) is 21.6. The Morgan fingerprint density at radius 1 is 1.13 bits per heavy atom. The van der Waals surface area contributed by atoms with Crippen LogP contribution in [0.25, 0.3) is 0 Å². The van der Waals surface area contributed by atoms with Crippen molar-refractivity contribution in [2.24, 2.45) is 5.92 Å². The fourth-order valence-corrected chi connectivity index (χ4v) is 4.53. The average molecular weight is 434 g/mol. The summed E-state index contributed by atoms with van der Waals surface area (Å²) in [5.41, 5.74) is 0.530. The van der Waals surface area contributed by atoms with E-state index >= 15 is 0 Å². The fraction of sp³-hybridized carbons (Fsp3) is 0.409. The lowest BCUT2D eigenvalue weighted by molar-refractivity contribution is 0.0950. The van der Waals surface area contributed by atoms with Crippen LogP contribution in [-0.2, 0) is 10.0 Å². The van der Waals surface area contributed by atoms with Gasteiger partial charge >= 0.3 is 0 Å². The van der Waals surface area contributed by atoms with Crippen molar-refractivity contribution >= 4 is 21.6 Å². The molecule has 3 rings (SSSR count). The van der Waals surface area contributed by atoms with Gasteiger partial charge in [0.15, 0.2) is 0 Å². The number of carbonyl (C=O) groups excluding carboxylic acids is 1. The Morgan fingerprint density at radius 3 is 2.53 bits per heavy atom. The van der Waals surface area contributed by atoms with Gasteiger partial charge in [-0.1, -0.05) is 13.0 Å². The van der Waals surface area contributed by atoms with Gasteiger partial charge in [0, 0.05) is 17.8 Å². The lowest BCUT2D eigenvalue weighted by atomic mass is 9.99. The molecule has 1 aliphatic rings. The van der Waals surface area contributed by atoms with Crippen LogP contribution in [0.3, 0.4) is 0 Å². The molecule has 0 aliphatic carbocycles. The third-order valence-corrected chi connectivity index (χ3v) is 6.69. The van der Waals surface area contributed by atoms with E-state index < -0.39 is 15.8 Å². The van der Waals surface area contributed by atoms with E-state index in [4.69, 9.17) is 0 Å². The van der Waals surface area contributed by atoms with Gasteiger partial charge in [0.25, 0.3) is 15.9 Å². The lowest BCUT2D eigenvalue weighted by Crippen LogP contribution is -2.35. The lowest BCUT2D eigenvalue weighted by Gasteiger charge is -2.30. The van der Waals surface area contributed by atoms with Crippen LogP contribution in [0.1, 0.15) is 36.5 Å². The summed E-state index contributed by atoms with van der Waals surface area (Å²) in [5.74, 6) is 0.0367. The molecule has 1 fully saturated rings. The van der Waals surface area contributed by atoms with Gasteiger partial charge in [-0.3, -0.25) is 9.52 Å². The van der Waals surface area contributed by atoms with Gasteiger partial charge in [0.2, 0.25) is 0 Å². The molecular weight excluding hydrogens is 405 g/mol. The standard InChI is InChI=1S/C22H28FN3O3S/c1-17-10-14-26(15-11-17)13-3-12-24-22(27)18-4-2-5-21(16-18)30(28,29)25-20-8-6-19(23)7-9-20/h2,4-9,16-17,25H,3,10-15H2,1H3,(H,24,27). The highest BCUT2D eigenvalue weighted by Gasteiger charge is 2.17. The van der Waals surface area contributed by atoms with E-state index in [0.29, 0.717) is 6.54 Å². The van der Waals surface area contributed by atoms with Gasteiger partial charge < -0.3 is 10.2 Å². The first-order valence-electron chi connectivity index (χ1n) is 10.2. The van der Waals surface area contributed by atoms with Gasteiger partial charge in [-0.2, -0.15) is 0 Å². The topological polar surface area (TPSA) is 78.5 Å². The molecule has 0 saturated carbocycles. The quantitative estimate of drug-likeness (QED) is 0.625. The van der Waals surface area contributed by atoms with Crippen molar-refractivity contribution in [1.82, 2.24) is 10.2 Å². The first-order valence-corrected chi connectivity index (χ1v) is 11.7. The average Bonchev–Trinajstić information content (AvgIpc) is 2.74. The maximum absolute atomic E-state index is 13.0. The number of amides is 1. The molecule has 0 spiro atoms. The second-order valence-corrected chi connectivity index (χ2v) is 9.46. The predicted octanol–water partition coefficient (Wildman–Crippen LogP) is 3.48. The number of carbonyl (C=O) groups is 1. The van der Waals surface area contributed by atoms with E-state index in [9.17, 15) is 17.6 Å². The Balaban J connectivity index is 1.53. The Hall–Kier alpha value is -2.45. The van der Waals surface area contributed by atoms with Gasteiger partial charge in [-0.25, -0.2) is 12.8 Å². The first kappa shape index (κ1) is 22.2. The number of likely N-dealkylation sites (tertiary alicyclic amines) is 1. The minimum Gasteiger partial charge on any atom is -0.352 e. The third kappa shape index (κ3) is 6.27. The van der Waals surface area contributed by atoms with E-state index in [1.54, 1.807) is 6.07 Å². The third-order valence-electron chi connectivity index (χ3n) is 5.32. The van der Waals surface area contributed by atoms with Crippen molar-refractivity contribution in [3.8, 4) is 0 Å². The van der Waals surface area contributed by atoms with Gasteiger partial charge in [-0.05, 0) is 87.3 Å². The maximum Gasteiger partial charge on any atom is 0.261 e. The molecule has 1 saturated heterocycles. The van der Waals surface area contributed by atoms with Crippen molar-refractivity contribution in [2.75, 3.05) is 30.9 Å². The van der Waals surface area contributed by atoms with Crippen LogP contribution in [0.2, 0.25) is 0 Å². The fourth-order valence-electron chi connectivity index (χ4n) is 3.43. The minimum atomic E-state index is -3.89. The number of benzene rings is 2. The Morgan fingerprint density at radius 2 is 1.83 bits per heavy atom.